The van der Waals surface area contributed by atoms with Gasteiger partial charge in [0.15, 0.2) is 7.26 Å². The number of aryl methyl sites for hydroxylation is 1. The molecule has 44 heavy (non-hydrogen) atoms. The second-order valence-electron chi connectivity index (χ2n) is 9.84. The molecule has 5 aromatic carbocycles. The summed E-state index contributed by atoms with van der Waals surface area (Å²) >= 11 is 3.74. The van der Waals surface area contributed by atoms with Crippen molar-refractivity contribution in [2.24, 2.45) is 0 Å². The molecule has 0 aliphatic heterocycles. The third kappa shape index (κ3) is 7.83. The van der Waals surface area contributed by atoms with E-state index in [1.165, 1.54) is 42.2 Å². The number of thioether (sulfide) groups is 1. The zero-order valence-electron chi connectivity index (χ0n) is 23.8. The molecule has 0 unspecified atom stereocenters. The van der Waals surface area contributed by atoms with Crippen molar-refractivity contribution in [3.63, 3.8) is 0 Å². The molecule has 0 fully saturated rings. The van der Waals surface area contributed by atoms with E-state index in [1.54, 1.807) is 0 Å². The standard InChI is InChI=1S/C35H29NPS2.ClHO4/c1-27-22-24-29(25-23-27)34-36-33(35(39-34)38-26-28-14-6-2-7-15-28)37(30-16-8-3-9-17-30,31-18-10-4-11-19-31)32-20-12-5-13-21-32;2-1(3,4)5/h2-25H,26H2,1H3;(H,2,3,4,5)/q+1;. The molecule has 0 atom stereocenters. The monoisotopic (exact) mass is 658 g/mol. The van der Waals surface area contributed by atoms with Crippen molar-refractivity contribution in [1.29, 1.82) is 0 Å². The molecular weight excluding hydrogens is 629 g/mol. The molecule has 5 nitrogen and oxygen atoms in total. The number of benzene rings is 5. The van der Waals surface area contributed by atoms with Gasteiger partial charge in [0.2, 0.25) is 5.44 Å². The van der Waals surface area contributed by atoms with Crippen molar-refractivity contribution in [1.82, 2.24) is 4.98 Å². The summed E-state index contributed by atoms with van der Waals surface area (Å²) in [6.45, 7) is 2.13. The third-order valence-corrected chi connectivity index (χ3v) is 13.8. The molecule has 0 aliphatic rings. The number of nitrogens with zero attached hydrogens (tertiary/aromatic N) is 1. The highest BCUT2D eigenvalue weighted by Crippen LogP contribution is 2.57. The summed E-state index contributed by atoms with van der Waals surface area (Å²) < 4.78 is 34.0. The Morgan fingerprint density at radius 1 is 0.659 bits per heavy atom. The normalized spacial score (nSPS) is 11.5. The molecule has 0 saturated heterocycles. The lowest BCUT2D eigenvalue weighted by atomic mass is 10.2. The number of hydrogen-bond donors (Lipinski definition) is 1. The van der Waals surface area contributed by atoms with E-state index in [9.17, 15) is 0 Å². The second-order valence-corrected chi connectivity index (χ2v) is 16.2. The average Bonchev–Trinajstić information content (AvgIpc) is 3.46. The fourth-order valence-electron chi connectivity index (χ4n) is 4.92. The Bertz CT molecular complexity index is 1650. The SMILES string of the molecule is Cc1ccc(-c2nc([P+](c3ccccc3)(c3ccccc3)c3ccccc3)c(SCc3ccccc3)s2)cc1.[O-][Cl+3]([O-])([O-])O. The first-order valence-corrected chi connectivity index (χ1v) is 18.5. The zero-order chi connectivity index (χ0) is 31.0. The van der Waals surface area contributed by atoms with Gasteiger partial charge in [0, 0.05) is 11.3 Å². The van der Waals surface area contributed by atoms with Crippen LogP contribution < -0.4 is 35.3 Å². The predicted octanol–water partition coefficient (Wildman–Crippen LogP) is 3.91. The Labute approximate surface area is 268 Å². The van der Waals surface area contributed by atoms with Gasteiger partial charge in [-0.15, -0.1) is 23.1 Å². The summed E-state index contributed by atoms with van der Waals surface area (Å²) in [6, 6.07) is 52.6. The summed E-state index contributed by atoms with van der Waals surface area (Å²) in [5.74, 6) is 0.905. The van der Waals surface area contributed by atoms with Crippen LogP contribution in [-0.4, -0.2) is 9.64 Å². The topological polar surface area (TPSA) is 102 Å². The van der Waals surface area contributed by atoms with Crippen LogP contribution in [0.25, 0.3) is 10.6 Å². The molecule has 0 spiro atoms. The smallest absolute Gasteiger partial charge is 0.200 e. The first-order valence-electron chi connectivity index (χ1n) is 13.7. The molecule has 1 N–H and O–H groups in total. The minimum absolute atomic E-state index is 0.905. The molecule has 6 aromatic rings. The summed E-state index contributed by atoms with van der Waals surface area (Å²) in [5.41, 5.74) is 4.95. The highest BCUT2D eigenvalue weighted by atomic mass is 35.7. The van der Waals surface area contributed by atoms with Gasteiger partial charge >= 0.3 is 0 Å². The van der Waals surface area contributed by atoms with Crippen molar-refractivity contribution in [2.75, 3.05) is 0 Å². The lowest BCUT2D eigenvalue weighted by molar-refractivity contribution is -1.92. The van der Waals surface area contributed by atoms with Gasteiger partial charge in [-0.3, -0.25) is 0 Å². The van der Waals surface area contributed by atoms with Crippen LogP contribution in [0.2, 0.25) is 0 Å². The fraction of sp³-hybridized carbons (Fsp3) is 0.0571. The second kappa shape index (κ2) is 14.6. The summed E-state index contributed by atoms with van der Waals surface area (Å²) in [4.78, 5) is 5.57. The minimum Gasteiger partial charge on any atom is -0.200 e. The van der Waals surface area contributed by atoms with Crippen LogP contribution in [0.4, 0.5) is 0 Å². The lowest BCUT2D eigenvalue weighted by Gasteiger charge is -2.26. The molecule has 1 heterocycles. The highest BCUT2D eigenvalue weighted by Gasteiger charge is 2.52. The van der Waals surface area contributed by atoms with Crippen molar-refractivity contribution >= 4 is 51.7 Å². The fourth-order valence-corrected chi connectivity index (χ4v) is 12.2. The molecule has 9 heteroatoms. The van der Waals surface area contributed by atoms with Crippen LogP contribution >= 0.6 is 30.4 Å². The van der Waals surface area contributed by atoms with E-state index in [-0.39, 0.29) is 0 Å². The first kappa shape index (κ1) is 32.0. The van der Waals surface area contributed by atoms with Gasteiger partial charge in [-0.1, -0.05) is 115 Å². The van der Waals surface area contributed by atoms with Crippen LogP contribution in [0.15, 0.2) is 150 Å². The van der Waals surface area contributed by atoms with Crippen molar-refractivity contribution in [3.05, 3.63) is 157 Å². The number of halogens is 1. The average molecular weight is 659 g/mol. The molecule has 0 aliphatic carbocycles. The van der Waals surface area contributed by atoms with E-state index >= 15 is 0 Å². The van der Waals surface area contributed by atoms with E-state index < -0.39 is 17.5 Å². The molecule has 0 saturated carbocycles. The van der Waals surface area contributed by atoms with E-state index in [4.69, 9.17) is 23.6 Å². The van der Waals surface area contributed by atoms with Gasteiger partial charge in [0.1, 0.15) is 25.1 Å². The summed E-state index contributed by atoms with van der Waals surface area (Å²) in [7, 11) is -6.99. The minimum atomic E-state index is -4.69. The number of aromatic nitrogens is 1. The maximum Gasteiger partial charge on any atom is 0.223 e. The summed E-state index contributed by atoms with van der Waals surface area (Å²) in [6.07, 6.45) is 0. The highest BCUT2D eigenvalue weighted by molar-refractivity contribution is 8.05. The van der Waals surface area contributed by atoms with E-state index in [0.29, 0.717) is 0 Å². The van der Waals surface area contributed by atoms with Crippen molar-refractivity contribution < 1.29 is 28.9 Å². The quantitative estimate of drug-likeness (QED) is 0.197. The first-order chi connectivity index (χ1) is 21.2. The van der Waals surface area contributed by atoms with Crippen LogP contribution in [0.1, 0.15) is 11.1 Å². The maximum absolute atomic E-state index is 8.60. The van der Waals surface area contributed by atoms with E-state index in [0.717, 1.165) is 10.8 Å². The van der Waals surface area contributed by atoms with Crippen LogP contribution in [-0.2, 0) is 5.75 Å². The van der Waals surface area contributed by atoms with Crippen molar-refractivity contribution in [2.45, 2.75) is 16.9 Å². The predicted molar refractivity (Wildman–Crippen MR) is 175 cm³/mol. The summed E-state index contributed by atoms with van der Waals surface area (Å²) in [5, 5.41) is 5.05. The lowest BCUT2D eigenvalue weighted by Crippen LogP contribution is -2.58. The van der Waals surface area contributed by atoms with E-state index in [1.807, 2.05) is 23.1 Å². The third-order valence-electron chi connectivity index (χ3n) is 6.84. The Kier molecular flexibility index (Phi) is 10.6. The Balaban J connectivity index is 0.000000712. The molecular formula is C35H30ClNO4PS2+. The number of thiazole rings is 1. The number of hydrogen-bond acceptors (Lipinski definition) is 7. The van der Waals surface area contributed by atoms with Gasteiger partial charge in [0.05, 0.1) is 14.9 Å². The van der Waals surface area contributed by atoms with Gasteiger partial charge < -0.3 is 0 Å². The van der Waals surface area contributed by atoms with Gasteiger partial charge in [-0.25, -0.2) is 0 Å². The van der Waals surface area contributed by atoms with Crippen LogP contribution in [0, 0.1) is 17.2 Å². The molecule has 0 amide bonds. The molecule has 6 rings (SSSR count). The Morgan fingerprint density at radius 3 is 1.50 bits per heavy atom. The Morgan fingerprint density at radius 2 is 1.07 bits per heavy atom. The molecule has 222 valence electrons. The van der Waals surface area contributed by atoms with Gasteiger partial charge in [-0.2, -0.15) is 19.0 Å². The molecule has 0 bridgehead atoms. The van der Waals surface area contributed by atoms with Crippen molar-refractivity contribution in [3.8, 4) is 10.6 Å². The molecule has 0 radical (unpaired) electrons. The molecule has 1 aromatic heterocycles. The number of rotatable bonds is 8. The zero-order valence-corrected chi connectivity index (χ0v) is 27.1. The van der Waals surface area contributed by atoms with Gasteiger partial charge in [-0.05, 0) is 48.9 Å². The van der Waals surface area contributed by atoms with Crippen LogP contribution in [0.5, 0.6) is 0 Å². The van der Waals surface area contributed by atoms with Gasteiger partial charge in [0.25, 0.3) is 0 Å². The largest absolute Gasteiger partial charge is 0.223 e. The van der Waals surface area contributed by atoms with E-state index in [2.05, 4.69) is 153 Å². The Hall–Kier alpha value is -3.36. The van der Waals surface area contributed by atoms with Crippen LogP contribution in [0.3, 0.4) is 0 Å². The maximum atomic E-state index is 8.60.